The predicted octanol–water partition coefficient (Wildman–Crippen LogP) is 2.30. The number of nitrogen functional groups attached to an aromatic ring is 1. The highest BCUT2D eigenvalue weighted by molar-refractivity contribution is 5.91. The molecule has 0 atom stereocenters. The Morgan fingerprint density at radius 1 is 1.05 bits per heavy atom. The third-order valence-corrected chi connectivity index (χ3v) is 3.27. The summed E-state index contributed by atoms with van der Waals surface area (Å²) in [6.07, 6.45) is 4.92. The van der Waals surface area contributed by atoms with Crippen LogP contribution in [0.25, 0.3) is 22.0 Å². The van der Waals surface area contributed by atoms with Crippen LogP contribution in [0.4, 0.5) is 5.82 Å². The van der Waals surface area contributed by atoms with Crippen LogP contribution >= 0.6 is 0 Å². The average molecular weight is 296 g/mol. The van der Waals surface area contributed by atoms with Gasteiger partial charge in [0.2, 0.25) is 0 Å². The van der Waals surface area contributed by atoms with Gasteiger partial charge >= 0.3 is 0 Å². The first-order valence-electron chi connectivity index (χ1n) is 6.85. The van der Waals surface area contributed by atoms with Crippen molar-refractivity contribution in [3.63, 3.8) is 0 Å². The summed E-state index contributed by atoms with van der Waals surface area (Å²) in [4.78, 5) is 12.4. The number of methoxy groups -OCH3 is 1. The van der Waals surface area contributed by atoms with Crippen LogP contribution in [0.5, 0.6) is 5.75 Å². The normalized spacial score (nSPS) is 10.8. The number of hydrogen-bond acceptors (Lipinski definition) is 6. The molecule has 0 saturated heterocycles. The van der Waals surface area contributed by atoms with Gasteiger partial charge in [-0.1, -0.05) is 6.07 Å². The second-order valence-electron chi connectivity index (χ2n) is 4.74. The summed E-state index contributed by atoms with van der Waals surface area (Å²) in [5.41, 5.74) is 8.65. The predicted molar refractivity (Wildman–Crippen MR) is 84.6 cm³/mol. The molecule has 3 rings (SSSR count). The molecule has 2 aromatic heterocycles. The van der Waals surface area contributed by atoms with E-state index in [1.54, 1.807) is 19.5 Å². The number of pyridine rings is 1. The summed E-state index contributed by atoms with van der Waals surface area (Å²) in [6, 6.07) is 7.79. The summed E-state index contributed by atoms with van der Waals surface area (Å²) in [7, 11) is 1.64. The highest BCUT2D eigenvalue weighted by atomic mass is 16.5. The highest BCUT2D eigenvalue weighted by Gasteiger charge is 2.05. The van der Waals surface area contributed by atoms with E-state index in [1.165, 1.54) is 6.33 Å². The van der Waals surface area contributed by atoms with E-state index in [9.17, 15) is 0 Å². The zero-order valence-corrected chi connectivity index (χ0v) is 12.2. The molecular weight excluding hydrogens is 280 g/mol. The van der Waals surface area contributed by atoms with E-state index in [2.05, 4.69) is 15.0 Å². The van der Waals surface area contributed by atoms with E-state index in [0.717, 1.165) is 22.0 Å². The number of nitrogens with zero attached hydrogens (tertiary/aromatic N) is 3. The maximum absolute atomic E-state index is 5.91. The van der Waals surface area contributed by atoms with Crippen molar-refractivity contribution in [1.29, 1.82) is 0 Å². The molecule has 0 bridgehead atoms. The fourth-order valence-corrected chi connectivity index (χ4v) is 2.15. The first-order valence-corrected chi connectivity index (χ1v) is 6.85. The molecule has 0 amide bonds. The number of ether oxygens (including phenoxy) is 2. The molecule has 6 heteroatoms. The van der Waals surface area contributed by atoms with E-state index in [0.29, 0.717) is 24.8 Å². The smallest absolute Gasteiger partial charge is 0.138 e. The quantitative estimate of drug-likeness (QED) is 0.727. The number of fused-ring (bicyclic) bond motifs is 1. The standard InChI is InChI=1S/C16H16N4O2/c1-21-4-5-22-13-6-12(8-18-9-13)11-2-3-15-14(7-11)16(17)20-10-19-15/h2-3,6-10H,4-5H2,1H3,(H2,17,19,20). The molecule has 1 aromatic carbocycles. The minimum Gasteiger partial charge on any atom is -0.490 e. The Morgan fingerprint density at radius 2 is 1.95 bits per heavy atom. The van der Waals surface area contributed by atoms with Crippen LogP contribution in [0.1, 0.15) is 0 Å². The third-order valence-electron chi connectivity index (χ3n) is 3.27. The Kier molecular flexibility index (Phi) is 4.11. The van der Waals surface area contributed by atoms with Gasteiger partial charge in [-0.15, -0.1) is 0 Å². The molecule has 3 aromatic rings. The molecule has 2 N–H and O–H groups in total. The molecule has 0 aliphatic heterocycles. The lowest BCUT2D eigenvalue weighted by atomic mass is 10.1. The summed E-state index contributed by atoms with van der Waals surface area (Å²) in [6.45, 7) is 1.02. The minimum atomic E-state index is 0.465. The van der Waals surface area contributed by atoms with Crippen LogP contribution in [0.3, 0.4) is 0 Å². The summed E-state index contributed by atoms with van der Waals surface area (Å²) < 4.78 is 10.5. The topological polar surface area (TPSA) is 83.2 Å². The van der Waals surface area contributed by atoms with Gasteiger partial charge in [0.15, 0.2) is 0 Å². The minimum absolute atomic E-state index is 0.465. The molecule has 0 aliphatic carbocycles. The van der Waals surface area contributed by atoms with Crippen molar-refractivity contribution in [2.45, 2.75) is 0 Å². The molecular formula is C16H16N4O2. The van der Waals surface area contributed by atoms with Gasteiger partial charge in [0.25, 0.3) is 0 Å². The maximum Gasteiger partial charge on any atom is 0.138 e. The van der Waals surface area contributed by atoms with Crippen LogP contribution in [-0.2, 0) is 4.74 Å². The average Bonchev–Trinajstić information content (AvgIpc) is 2.56. The van der Waals surface area contributed by atoms with Crippen LogP contribution in [0.15, 0.2) is 43.0 Å². The molecule has 112 valence electrons. The number of aromatic nitrogens is 3. The summed E-state index contributed by atoms with van der Waals surface area (Å²) in [5.74, 6) is 1.17. The second kappa shape index (κ2) is 6.36. The Morgan fingerprint density at radius 3 is 2.82 bits per heavy atom. The lowest BCUT2D eigenvalue weighted by Crippen LogP contribution is -2.04. The monoisotopic (exact) mass is 296 g/mol. The molecule has 0 aliphatic rings. The van der Waals surface area contributed by atoms with Crippen molar-refractivity contribution in [2.75, 3.05) is 26.1 Å². The van der Waals surface area contributed by atoms with Crippen molar-refractivity contribution in [3.8, 4) is 16.9 Å². The molecule has 6 nitrogen and oxygen atoms in total. The fraction of sp³-hybridized carbons (Fsp3) is 0.188. The van der Waals surface area contributed by atoms with Crippen molar-refractivity contribution in [1.82, 2.24) is 15.0 Å². The number of anilines is 1. The Hall–Kier alpha value is -2.73. The van der Waals surface area contributed by atoms with Crippen molar-refractivity contribution < 1.29 is 9.47 Å². The SMILES string of the molecule is COCCOc1cncc(-c2ccc3ncnc(N)c3c2)c1. The van der Waals surface area contributed by atoms with Gasteiger partial charge in [0.1, 0.15) is 24.5 Å². The van der Waals surface area contributed by atoms with E-state index >= 15 is 0 Å². The number of benzene rings is 1. The first kappa shape index (κ1) is 14.2. The van der Waals surface area contributed by atoms with Crippen LogP contribution in [0.2, 0.25) is 0 Å². The Balaban J connectivity index is 1.93. The fourth-order valence-electron chi connectivity index (χ4n) is 2.15. The largest absolute Gasteiger partial charge is 0.490 e. The van der Waals surface area contributed by atoms with E-state index in [1.807, 2.05) is 24.3 Å². The summed E-state index contributed by atoms with van der Waals surface area (Å²) in [5, 5.41) is 0.825. The van der Waals surface area contributed by atoms with E-state index < -0.39 is 0 Å². The molecule has 2 heterocycles. The number of nitrogens with two attached hydrogens (primary N) is 1. The lowest BCUT2D eigenvalue weighted by Gasteiger charge is -2.08. The van der Waals surface area contributed by atoms with Gasteiger partial charge in [-0.3, -0.25) is 4.98 Å². The van der Waals surface area contributed by atoms with Crippen LogP contribution in [-0.4, -0.2) is 35.3 Å². The van der Waals surface area contributed by atoms with E-state index in [-0.39, 0.29) is 0 Å². The van der Waals surface area contributed by atoms with Crippen molar-refractivity contribution >= 4 is 16.7 Å². The Labute approximate surface area is 127 Å². The van der Waals surface area contributed by atoms with Gasteiger partial charge in [-0.25, -0.2) is 9.97 Å². The molecule has 0 spiro atoms. The van der Waals surface area contributed by atoms with E-state index in [4.69, 9.17) is 15.2 Å². The van der Waals surface area contributed by atoms with Crippen molar-refractivity contribution in [2.24, 2.45) is 0 Å². The van der Waals surface area contributed by atoms with Crippen LogP contribution in [0, 0.1) is 0 Å². The van der Waals surface area contributed by atoms with Gasteiger partial charge in [-0.05, 0) is 23.8 Å². The van der Waals surface area contributed by atoms with Crippen molar-refractivity contribution in [3.05, 3.63) is 43.0 Å². The van der Waals surface area contributed by atoms with Crippen LogP contribution < -0.4 is 10.5 Å². The van der Waals surface area contributed by atoms with Gasteiger partial charge in [-0.2, -0.15) is 0 Å². The third kappa shape index (κ3) is 2.96. The summed E-state index contributed by atoms with van der Waals surface area (Å²) >= 11 is 0. The first-order chi connectivity index (χ1) is 10.8. The molecule has 0 saturated carbocycles. The maximum atomic E-state index is 5.91. The molecule has 22 heavy (non-hydrogen) atoms. The highest BCUT2D eigenvalue weighted by Crippen LogP contribution is 2.27. The zero-order valence-electron chi connectivity index (χ0n) is 12.2. The number of hydrogen-bond donors (Lipinski definition) is 1. The molecule has 0 unspecified atom stereocenters. The van der Waals surface area contributed by atoms with Gasteiger partial charge < -0.3 is 15.2 Å². The lowest BCUT2D eigenvalue weighted by molar-refractivity contribution is 0.146. The second-order valence-corrected chi connectivity index (χ2v) is 4.74. The molecule has 0 fully saturated rings. The molecule has 0 radical (unpaired) electrons. The van der Waals surface area contributed by atoms with Gasteiger partial charge in [0, 0.05) is 24.3 Å². The number of rotatable bonds is 5. The zero-order chi connectivity index (χ0) is 15.4. The van der Waals surface area contributed by atoms with Gasteiger partial charge in [0.05, 0.1) is 18.3 Å². The Bertz CT molecular complexity index is 792.